The first-order valence-electron chi connectivity index (χ1n) is 5.33. The zero-order valence-electron chi connectivity index (χ0n) is 9.39. The minimum atomic E-state index is -1.94. The lowest BCUT2D eigenvalue weighted by Gasteiger charge is -2.21. The number of carbonyl (C=O) groups excluding carboxylic acids is 1. The molecular formula is C11H16N2O4. The van der Waals surface area contributed by atoms with Crippen LogP contribution in [0.2, 0.25) is 0 Å². The maximum Gasteiger partial charge on any atom is 0.331 e. The Kier molecular flexibility index (Phi) is 4.42. The molecule has 1 rings (SSSR count). The summed E-state index contributed by atoms with van der Waals surface area (Å²) in [5.41, 5.74) is 9.04. The number of aliphatic carboxylic acids is 1. The standard InChI is InChI=1S/C11H16N2O4/c12-6-2-1-5-11(13,10(15)16)9(14)8-4-3-7-17-8/h3-4,7H,1-2,5-6,12-13H2,(H,15,16)/t11-/m1/s1. The van der Waals surface area contributed by atoms with Crippen molar-refractivity contribution >= 4 is 11.8 Å². The third kappa shape index (κ3) is 2.92. The Labute approximate surface area is 98.6 Å². The number of carbonyl (C=O) groups is 2. The van der Waals surface area contributed by atoms with Gasteiger partial charge in [0.1, 0.15) is 0 Å². The number of furan rings is 1. The normalized spacial score (nSPS) is 14.2. The van der Waals surface area contributed by atoms with E-state index in [1.165, 1.54) is 18.4 Å². The number of hydrogen-bond donors (Lipinski definition) is 3. The molecule has 0 spiro atoms. The van der Waals surface area contributed by atoms with E-state index in [2.05, 4.69) is 0 Å². The lowest BCUT2D eigenvalue weighted by atomic mass is 9.88. The molecule has 0 aromatic carbocycles. The molecule has 1 atom stereocenters. The number of nitrogens with two attached hydrogens (primary N) is 2. The van der Waals surface area contributed by atoms with E-state index in [0.717, 1.165) is 0 Å². The average Bonchev–Trinajstić information content (AvgIpc) is 2.81. The second-order valence-corrected chi connectivity index (χ2v) is 3.83. The highest BCUT2D eigenvalue weighted by Crippen LogP contribution is 2.18. The molecule has 0 radical (unpaired) electrons. The van der Waals surface area contributed by atoms with Crippen LogP contribution in [0, 0.1) is 0 Å². The van der Waals surface area contributed by atoms with Gasteiger partial charge >= 0.3 is 5.97 Å². The van der Waals surface area contributed by atoms with Crippen LogP contribution in [0.4, 0.5) is 0 Å². The van der Waals surface area contributed by atoms with Crippen molar-refractivity contribution < 1.29 is 19.1 Å². The molecule has 6 heteroatoms. The Morgan fingerprint density at radius 3 is 2.59 bits per heavy atom. The Morgan fingerprint density at radius 1 is 1.41 bits per heavy atom. The molecule has 94 valence electrons. The van der Waals surface area contributed by atoms with Crippen molar-refractivity contribution in [1.29, 1.82) is 0 Å². The van der Waals surface area contributed by atoms with Crippen molar-refractivity contribution in [2.45, 2.75) is 24.8 Å². The van der Waals surface area contributed by atoms with Gasteiger partial charge in [0.2, 0.25) is 5.78 Å². The third-order valence-electron chi connectivity index (χ3n) is 2.56. The highest BCUT2D eigenvalue weighted by atomic mass is 16.4. The van der Waals surface area contributed by atoms with Gasteiger partial charge in [-0.05, 0) is 37.9 Å². The molecule has 0 aliphatic heterocycles. The summed E-state index contributed by atoms with van der Waals surface area (Å²) in [6, 6.07) is 2.91. The van der Waals surface area contributed by atoms with Crippen LogP contribution in [-0.2, 0) is 4.79 Å². The van der Waals surface area contributed by atoms with E-state index >= 15 is 0 Å². The topological polar surface area (TPSA) is 120 Å². The van der Waals surface area contributed by atoms with Crippen molar-refractivity contribution in [3.05, 3.63) is 24.2 Å². The summed E-state index contributed by atoms with van der Waals surface area (Å²) in [4.78, 5) is 23.1. The summed E-state index contributed by atoms with van der Waals surface area (Å²) < 4.78 is 4.88. The number of hydrogen-bond acceptors (Lipinski definition) is 5. The molecule has 1 heterocycles. The fraction of sp³-hybridized carbons (Fsp3) is 0.455. The molecule has 1 aromatic heterocycles. The lowest BCUT2D eigenvalue weighted by Crippen LogP contribution is -2.54. The number of unbranched alkanes of at least 4 members (excludes halogenated alkanes) is 1. The quantitative estimate of drug-likeness (QED) is 0.360. The highest BCUT2D eigenvalue weighted by Gasteiger charge is 2.43. The molecular weight excluding hydrogens is 224 g/mol. The Hall–Kier alpha value is -1.66. The van der Waals surface area contributed by atoms with Gasteiger partial charge in [0, 0.05) is 0 Å². The van der Waals surface area contributed by atoms with Gasteiger partial charge in [0.15, 0.2) is 11.3 Å². The molecule has 0 fully saturated rings. The molecule has 0 saturated heterocycles. The molecule has 1 aromatic rings. The van der Waals surface area contributed by atoms with Gasteiger partial charge in [-0.25, -0.2) is 4.79 Å². The van der Waals surface area contributed by atoms with E-state index < -0.39 is 17.3 Å². The number of carboxylic acid groups (broad SMARTS) is 1. The Bertz CT molecular complexity index is 388. The molecule has 5 N–H and O–H groups in total. The van der Waals surface area contributed by atoms with Crippen LogP contribution in [0.1, 0.15) is 29.8 Å². The van der Waals surface area contributed by atoms with Gasteiger partial charge in [-0.2, -0.15) is 0 Å². The molecule has 0 unspecified atom stereocenters. The van der Waals surface area contributed by atoms with Crippen molar-refractivity contribution in [3.63, 3.8) is 0 Å². The van der Waals surface area contributed by atoms with Crippen molar-refractivity contribution in [2.24, 2.45) is 11.5 Å². The zero-order valence-corrected chi connectivity index (χ0v) is 9.39. The van der Waals surface area contributed by atoms with Crippen molar-refractivity contribution in [2.75, 3.05) is 6.54 Å². The van der Waals surface area contributed by atoms with Crippen LogP contribution >= 0.6 is 0 Å². The predicted molar refractivity (Wildman–Crippen MR) is 60.5 cm³/mol. The first-order chi connectivity index (χ1) is 8.02. The van der Waals surface area contributed by atoms with Crippen LogP contribution in [0.25, 0.3) is 0 Å². The van der Waals surface area contributed by atoms with Crippen LogP contribution in [0.5, 0.6) is 0 Å². The maximum absolute atomic E-state index is 11.9. The van der Waals surface area contributed by atoms with Gasteiger partial charge in [0.25, 0.3) is 0 Å². The summed E-state index contributed by atoms with van der Waals surface area (Å²) in [7, 11) is 0. The number of carboxylic acids is 1. The van der Waals surface area contributed by atoms with Gasteiger partial charge in [0.05, 0.1) is 6.26 Å². The lowest BCUT2D eigenvalue weighted by molar-refractivity contribution is -0.141. The Balaban J connectivity index is 2.84. The van der Waals surface area contributed by atoms with Gasteiger partial charge in [-0.3, -0.25) is 4.79 Å². The Morgan fingerprint density at radius 2 is 2.12 bits per heavy atom. The van der Waals surface area contributed by atoms with Crippen LogP contribution in [0.3, 0.4) is 0 Å². The number of ketones is 1. The second-order valence-electron chi connectivity index (χ2n) is 3.83. The third-order valence-corrected chi connectivity index (χ3v) is 2.56. The van der Waals surface area contributed by atoms with Crippen LogP contribution in [0.15, 0.2) is 22.8 Å². The molecule has 0 aliphatic carbocycles. The molecule has 17 heavy (non-hydrogen) atoms. The van der Waals surface area contributed by atoms with E-state index in [9.17, 15) is 9.59 Å². The van der Waals surface area contributed by atoms with E-state index in [1.807, 2.05) is 0 Å². The highest BCUT2D eigenvalue weighted by molar-refractivity contribution is 6.14. The van der Waals surface area contributed by atoms with E-state index in [1.54, 1.807) is 0 Å². The SMILES string of the molecule is NCCCC[C@](N)(C(=O)O)C(=O)c1ccco1. The smallest absolute Gasteiger partial charge is 0.331 e. The molecule has 0 aliphatic rings. The van der Waals surface area contributed by atoms with Gasteiger partial charge in [-0.1, -0.05) is 0 Å². The van der Waals surface area contributed by atoms with Crippen molar-refractivity contribution in [3.8, 4) is 0 Å². The first kappa shape index (κ1) is 13.4. The molecule has 0 saturated carbocycles. The number of rotatable bonds is 7. The van der Waals surface area contributed by atoms with Gasteiger partial charge in [-0.15, -0.1) is 0 Å². The monoisotopic (exact) mass is 240 g/mol. The van der Waals surface area contributed by atoms with Crippen molar-refractivity contribution in [1.82, 2.24) is 0 Å². The molecule has 6 nitrogen and oxygen atoms in total. The summed E-state index contributed by atoms with van der Waals surface area (Å²) in [5, 5.41) is 9.08. The van der Waals surface area contributed by atoms with Crippen LogP contribution in [-0.4, -0.2) is 28.9 Å². The summed E-state index contributed by atoms with van der Waals surface area (Å²) in [5.74, 6) is -2.11. The maximum atomic E-state index is 11.9. The fourth-order valence-corrected chi connectivity index (χ4v) is 1.49. The van der Waals surface area contributed by atoms with E-state index in [0.29, 0.717) is 19.4 Å². The zero-order chi connectivity index (χ0) is 12.9. The second kappa shape index (κ2) is 5.60. The summed E-state index contributed by atoms with van der Waals surface area (Å²) >= 11 is 0. The van der Waals surface area contributed by atoms with Gasteiger partial charge < -0.3 is 21.0 Å². The molecule has 0 bridgehead atoms. The average molecular weight is 240 g/mol. The first-order valence-corrected chi connectivity index (χ1v) is 5.33. The van der Waals surface area contributed by atoms with Crippen LogP contribution < -0.4 is 11.5 Å². The fourth-order valence-electron chi connectivity index (χ4n) is 1.49. The summed E-state index contributed by atoms with van der Waals surface area (Å²) in [6.07, 6.45) is 2.44. The predicted octanol–water partition coefficient (Wildman–Crippen LogP) is 0.373. The van der Waals surface area contributed by atoms with E-state index in [4.69, 9.17) is 21.0 Å². The molecule has 0 amide bonds. The largest absolute Gasteiger partial charge is 0.480 e. The summed E-state index contributed by atoms with van der Waals surface area (Å²) in [6.45, 7) is 0.435. The van der Waals surface area contributed by atoms with E-state index in [-0.39, 0.29) is 12.2 Å². The minimum absolute atomic E-state index is 0.0392. The minimum Gasteiger partial charge on any atom is -0.480 e. The number of Topliss-reactive ketones (excluding diaryl/α,β-unsaturated/α-hetero) is 1.